The summed E-state index contributed by atoms with van der Waals surface area (Å²) in [6, 6.07) is 7.87. The van der Waals surface area contributed by atoms with Gasteiger partial charge in [0, 0.05) is 17.9 Å². The van der Waals surface area contributed by atoms with Gasteiger partial charge in [0.15, 0.2) is 4.34 Å². The minimum atomic E-state index is -0.150. The largest absolute Gasteiger partial charge is 0.299 e. The van der Waals surface area contributed by atoms with Gasteiger partial charge in [-0.15, -0.1) is 16.8 Å². The highest BCUT2D eigenvalue weighted by Gasteiger charge is 2.12. The third-order valence-corrected chi connectivity index (χ3v) is 6.24. The lowest BCUT2D eigenvalue weighted by molar-refractivity contribution is 0.102. The van der Waals surface area contributed by atoms with Crippen molar-refractivity contribution in [3.8, 4) is 0 Å². The van der Waals surface area contributed by atoms with Crippen LogP contribution in [-0.2, 0) is 6.54 Å². The number of hydrogen-bond acceptors (Lipinski definition) is 6. The van der Waals surface area contributed by atoms with E-state index in [0.29, 0.717) is 10.7 Å². The highest BCUT2D eigenvalue weighted by atomic mass is 32.2. The van der Waals surface area contributed by atoms with Gasteiger partial charge in [-0.05, 0) is 43.6 Å². The van der Waals surface area contributed by atoms with Gasteiger partial charge in [-0.3, -0.25) is 15.0 Å². The molecule has 5 nitrogen and oxygen atoms in total. The molecule has 138 valence electrons. The SMILES string of the molecule is C=CCSc1nnc(NC(=O)c2ccc(CN3CCCCCC3)cc2)s1. The molecular weight excluding hydrogens is 364 g/mol. The second-order valence-electron chi connectivity index (χ2n) is 6.31. The van der Waals surface area contributed by atoms with Gasteiger partial charge in [0.2, 0.25) is 5.13 Å². The van der Waals surface area contributed by atoms with E-state index in [-0.39, 0.29) is 5.91 Å². The lowest BCUT2D eigenvalue weighted by Crippen LogP contribution is -2.24. The summed E-state index contributed by atoms with van der Waals surface area (Å²) in [7, 11) is 0. The Balaban J connectivity index is 1.54. The second kappa shape index (κ2) is 9.85. The van der Waals surface area contributed by atoms with E-state index >= 15 is 0 Å². The zero-order valence-electron chi connectivity index (χ0n) is 14.8. The predicted molar refractivity (Wildman–Crippen MR) is 109 cm³/mol. The van der Waals surface area contributed by atoms with Crippen molar-refractivity contribution in [2.45, 2.75) is 36.6 Å². The van der Waals surface area contributed by atoms with E-state index in [1.165, 1.54) is 55.7 Å². The molecule has 1 amide bonds. The number of amides is 1. The molecule has 7 heteroatoms. The van der Waals surface area contributed by atoms with Gasteiger partial charge in [-0.1, -0.05) is 54.1 Å². The molecule has 26 heavy (non-hydrogen) atoms. The molecule has 0 unspecified atom stereocenters. The predicted octanol–water partition coefficient (Wildman–Crippen LogP) is 4.44. The normalized spacial score (nSPS) is 15.4. The summed E-state index contributed by atoms with van der Waals surface area (Å²) in [5.41, 5.74) is 1.89. The summed E-state index contributed by atoms with van der Waals surface area (Å²) < 4.78 is 0.827. The molecule has 0 atom stereocenters. The number of hydrogen-bond donors (Lipinski definition) is 1. The molecule has 2 heterocycles. The van der Waals surface area contributed by atoms with E-state index in [0.717, 1.165) is 16.6 Å². The Morgan fingerprint density at radius 1 is 1.19 bits per heavy atom. The number of carbonyl (C=O) groups excluding carboxylic acids is 1. The van der Waals surface area contributed by atoms with Gasteiger partial charge >= 0.3 is 0 Å². The first kappa shape index (κ1) is 19.1. The Morgan fingerprint density at radius 2 is 1.92 bits per heavy atom. The Hall–Kier alpha value is -1.70. The average Bonchev–Trinajstić information content (AvgIpc) is 2.94. The summed E-state index contributed by atoms with van der Waals surface area (Å²) in [6.07, 6.45) is 7.08. The van der Waals surface area contributed by atoms with Crippen LogP contribution in [0, 0.1) is 0 Å². The van der Waals surface area contributed by atoms with Crippen molar-refractivity contribution in [2.75, 3.05) is 24.2 Å². The molecule has 0 radical (unpaired) electrons. The average molecular weight is 389 g/mol. The molecular formula is C19H24N4OS2. The third kappa shape index (κ3) is 5.65. The zero-order valence-corrected chi connectivity index (χ0v) is 16.5. The third-order valence-electron chi connectivity index (χ3n) is 4.27. The fraction of sp³-hybridized carbons (Fsp3) is 0.421. The van der Waals surface area contributed by atoms with Gasteiger partial charge in [0.25, 0.3) is 5.91 Å². The maximum absolute atomic E-state index is 12.4. The highest BCUT2D eigenvalue weighted by Crippen LogP contribution is 2.25. The highest BCUT2D eigenvalue weighted by molar-refractivity contribution is 8.01. The fourth-order valence-electron chi connectivity index (χ4n) is 2.93. The molecule has 1 N–H and O–H groups in total. The molecule has 0 spiro atoms. The lowest BCUT2D eigenvalue weighted by atomic mass is 10.1. The second-order valence-corrected chi connectivity index (χ2v) is 8.56. The number of nitrogens with one attached hydrogen (secondary N) is 1. The van der Waals surface area contributed by atoms with E-state index in [2.05, 4.69) is 27.0 Å². The number of rotatable bonds is 7. The van der Waals surface area contributed by atoms with Crippen LogP contribution in [0.15, 0.2) is 41.3 Å². The van der Waals surface area contributed by atoms with Crippen molar-refractivity contribution < 1.29 is 4.79 Å². The number of carbonyl (C=O) groups is 1. The van der Waals surface area contributed by atoms with Crippen LogP contribution in [0.2, 0.25) is 0 Å². The maximum atomic E-state index is 12.4. The first-order chi connectivity index (χ1) is 12.7. The zero-order chi connectivity index (χ0) is 18.2. The van der Waals surface area contributed by atoms with Crippen LogP contribution >= 0.6 is 23.1 Å². The lowest BCUT2D eigenvalue weighted by Gasteiger charge is -2.19. The molecule has 1 aromatic heterocycles. The van der Waals surface area contributed by atoms with Crippen LogP contribution < -0.4 is 5.32 Å². The number of nitrogens with zero attached hydrogens (tertiary/aromatic N) is 3. The molecule has 1 saturated heterocycles. The van der Waals surface area contributed by atoms with Crippen molar-refractivity contribution in [1.29, 1.82) is 0 Å². The van der Waals surface area contributed by atoms with Crippen LogP contribution in [0.5, 0.6) is 0 Å². The number of benzene rings is 1. The molecule has 2 aromatic rings. The molecule has 3 rings (SSSR count). The standard InChI is InChI=1S/C19H24N4OS2/c1-2-13-25-19-22-21-18(26-19)20-17(24)16-9-7-15(8-10-16)14-23-11-5-3-4-6-12-23/h2,7-10H,1,3-6,11-14H2,(H,20,21,24). The van der Waals surface area contributed by atoms with Gasteiger partial charge < -0.3 is 0 Å². The summed E-state index contributed by atoms with van der Waals surface area (Å²) in [5, 5.41) is 11.4. The van der Waals surface area contributed by atoms with Gasteiger partial charge in [-0.25, -0.2) is 0 Å². The molecule has 1 aromatic carbocycles. The minimum absolute atomic E-state index is 0.150. The van der Waals surface area contributed by atoms with Crippen LogP contribution in [-0.4, -0.2) is 39.8 Å². The van der Waals surface area contributed by atoms with Crippen molar-refractivity contribution in [1.82, 2.24) is 15.1 Å². The minimum Gasteiger partial charge on any atom is -0.299 e. The quantitative estimate of drug-likeness (QED) is 0.431. The number of aromatic nitrogens is 2. The summed E-state index contributed by atoms with van der Waals surface area (Å²) in [4.78, 5) is 14.9. The Bertz CT molecular complexity index is 721. The molecule has 0 saturated carbocycles. The number of likely N-dealkylation sites (tertiary alicyclic amines) is 1. The van der Waals surface area contributed by atoms with E-state index < -0.39 is 0 Å². The Kier molecular flexibility index (Phi) is 7.22. The summed E-state index contributed by atoms with van der Waals surface area (Å²) in [5.74, 6) is 0.629. The van der Waals surface area contributed by atoms with Crippen LogP contribution in [0.1, 0.15) is 41.6 Å². The van der Waals surface area contributed by atoms with Crippen LogP contribution in [0.4, 0.5) is 5.13 Å². The van der Waals surface area contributed by atoms with Crippen molar-refractivity contribution in [3.63, 3.8) is 0 Å². The van der Waals surface area contributed by atoms with E-state index in [4.69, 9.17) is 0 Å². The summed E-state index contributed by atoms with van der Waals surface area (Å²) in [6.45, 7) is 6.99. The maximum Gasteiger partial charge on any atom is 0.257 e. The van der Waals surface area contributed by atoms with E-state index in [9.17, 15) is 4.79 Å². The molecule has 0 bridgehead atoms. The fourth-order valence-corrected chi connectivity index (χ4v) is 4.44. The Morgan fingerprint density at radius 3 is 2.62 bits per heavy atom. The van der Waals surface area contributed by atoms with Crippen molar-refractivity contribution in [3.05, 3.63) is 48.0 Å². The van der Waals surface area contributed by atoms with E-state index in [1.807, 2.05) is 30.3 Å². The Labute approximate surface area is 162 Å². The topological polar surface area (TPSA) is 58.1 Å². The number of anilines is 1. The van der Waals surface area contributed by atoms with Crippen molar-refractivity contribution >= 4 is 34.1 Å². The molecule has 1 aliphatic rings. The molecule has 0 aliphatic carbocycles. The molecule has 1 aliphatic heterocycles. The van der Waals surface area contributed by atoms with Crippen LogP contribution in [0.3, 0.4) is 0 Å². The van der Waals surface area contributed by atoms with Gasteiger partial charge in [0.1, 0.15) is 0 Å². The monoisotopic (exact) mass is 388 g/mol. The first-order valence-electron chi connectivity index (χ1n) is 8.94. The van der Waals surface area contributed by atoms with E-state index in [1.54, 1.807) is 11.8 Å². The van der Waals surface area contributed by atoms with Crippen LogP contribution in [0.25, 0.3) is 0 Å². The number of thioether (sulfide) groups is 1. The van der Waals surface area contributed by atoms with Gasteiger partial charge in [0.05, 0.1) is 0 Å². The smallest absolute Gasteiger partial charge is 0.257 e. The summed E-state index contributed by atoms with van der Waals surface area (Å²) >= 11 is 2.93. The van der Waals surface area contributed by atoms with Crippen molar-refractivity contribution in [2.24, 2.45) is 0 Å². The van der Waals surface area contributed by atoms with Gasteiger partial charge in [-0.2, -0.15) is 0 Å². The molecule has 1 fully saturated rings. The first-order valence-corrected chi connectivity index (χ1v) is 10.7.